The maximum Gasteiger partial charge on any atom is 0.339 e. The van der Waals surface area contributed by atoms with Crippen molar-refractivity contribution in [3.8, 4) is 0 Å². The molecule has 0 aliphatic carbocycles. The molecule has 0 radical (unpaired) electrons. The number of carboxylic acid groups (broad SMARTS) is 1. The van der Waals surface area contributed by atoms with Crippen molar-refractivity contribution in [2.45, 2.75) is 79.1 Å². The average molecular weight is 492 g/mol. The third-order valence-corrected chi connectivity index (χ3v) is 3.64. The first kappa shape index (κ1) is 38.0. The third kappa shape index (κ3) is 26.8. The number of aromatic carboxylic acids is 1. The van der Waals surface area contributed by atoms with E-state index in [4.69, 9.17) is 25.2 Å². The normalized spacial score (nSPS) is 8.84. The predicted molar refractivity (Wildman–Crippen MR) is 125 cm³/mol. The van der Waals surface area contributed by atoms with Crippen LogP contribution in [-0.4, -0.2) is 58.8 Å². The Morgan fingerprint density at radius 3 is 1.38 bits per heavy atom. The van der Waals surface area contributed by atoms with Gasteiger partial charge in [-0.1, -0.05) is 65.5 Å². The van der Waals surface area contributed by atoms with Crippen LogP contribution in [0, 0.1) is 0 Å². The maximum atomic E-state index is 11.6. The Labute approximate surface area is 209 Å². The summed E-state index contributed by atoms with van der Waals surface area (Å²) in [7, 11) is 0. The van der Waals surface area contributed by atoms with Crippen LogP contribution in [0.4, 0.5) is 0 Å². The molecule has 0 unspecified atom stereocenters. The van der Waals surface area contributed by atoms with E-state index in [2.05, 4.69) is 20.8 Å². The molecule has 0 amide bonds. The molecule has 1 rings (SSSR count). The summed E-state index contributed by atoms with van der Waals surface area (Å²) in [6.07, 6.45) is 7.82. The minimum atomic E-state index is -1.12. The van der Waals surface area contributed by atoms with Crippen molar-refractivity contribution in [2.75, 3.05) is 26.4 Å². The van der Waals surface area contributed by atoms with Gasteiger partial charge in [-0.3, -0.25) is 0 Å². The van der Waals surface area contributed by atoms with Gasteiger partial charge in [0.2, 0.25) is 0 Å². The molecule has 1 aromatic rings. The van der Waals surface area contributed by atoms with Crippen LogP contribution in [0.25, 0.3) is 0 Å². The number of aliphatic hydroxyl groups is 3. The number of carboxylic acids is 1. The Bertz CT molecular complexity index is 505. The van der Waals surface area contributed by atoms with Gasteiger partial charge in [-0.15, -0.1) is 0 Å². The van der Waals surface area contributed by atoms with E-state index in [1.165, 1.54) is 12.1 Å². The van der Waals surface area contributed by atoms with Gasteiger partial charge >= 0.3 is 11.9 Å². The molecule has 0 saturated carbocycles. The average Bonchev–Trinajstić information content (AvgIpc) is 2.77. The molecule has 7 nitrogen and oxygen atoms in total. The summed E-state index contributed by atoms with van der Waals surface area (Å²) in [6.45, 7) is 9.49. The minimum absolute atomic E-state index is 0. The summed E-state index contributed by atoms with van der Waals surface area (Å²) in [4.78, 5) is 22.4. The molecule has 0 heterocycles. The second-order valence-corrected chi connectivity index (χ2v) is 6.57. The van der Waals surface area contributed by atoms with Crippen LogP contribution in [0.3, 0.4) is 0 Å². The Balaban J connectivity index is -0.000000202. The van der Waals surface area contributed by atoms with Crippen molar-refractivity contribution in [1.82, 2.24) is 0 Å². The summed E-state index contributed by atoms with van der Waals surface area (Å²) in [6, 6.07) is 6.03. The van der Waals surface area contributed by atoms with E-state index in [1.54, 1.807) is 12.1 Å². The van der Waals surface area contributed by atoms with Crippen LogP contribution in [0.5, 0.6) is 0 Å². The fraction of sp³-hybridized carbons (Fsp3) is 0.667. The molecule has 0 aliphatic heterocycles. The zero-order valence-electron chi connectivity index (χ0n) is 20.3. The van der Waals surface area contributed by atoms with Gasteiger partial charge < -0.3 is 25.2 Å². The number of esters is 1. The van der Waals surface area contributed by atoms with Crippen LogP contribution in [0.1, 0.15) is 99.8 Å². The largest absolute Gasteiger partial charge is 0.478 e. The molecule has 0 fully saturated rings. The van der Waals surface area contributed by atoms with Crippen molar-refractivity contribution in [1.29, 1.82) is 0 Å². The smallest absolute Gasteiger partial charge is 0.339 e. The van der Waals surface area contributed by atoms with Gasteiger partial charge in [0.05, 0.1) is 17.7 Å². The van der Waals surface area contributed by atoms with Crippen molar-refractivity contribution in [3.63, 3.8) is 0 Å². The van der Waals surface area contributed by atoms with E-state index >= 15 is 0 Å². The Morgan fingerprint density at radius 2 is 1.09 bits per heavy atom. The summed E-state index contributed by atoms with van der Waals surface area (Å²) < 4.78 is 4.96. The fourth-order valence-corrected chi connectivity index (χ4v) is 1.71. The number of carbonyl (C=O) groups excluding carboxylic acids is 1. The van der Waals surface area contributed by atoms with E-state index in [0.29, 0.717) is 26.4 Å². The SMILES string of the molecule is CCCCO.CCCCO.CCCCO.CCCCOC(=O)c1ccccc1C(=O)O.[Ti]. The Hall–Kier alpha value is -1.25. The van der Waals surface area contributed by atoms with Gasteiger partial charge in [0.15, 0.2) is 0 Å². The van der Waals surface area contributed by atoms with Gasteiger partial charge in [-0.25, -0.2) is 9.59 Å². The second-order valence-electron chi connectivity index (χ2n) is 6.57. The second kappa shape index (κ2) is 31.9. The summed E-state index contributed by atoms with van der Waals surface area (Å²) >= 11 is 0. The monoisotopic (exact) mass is 492 g/mol. The molecular weight excluding hydrogens is 448 g/mol. The number of hydrogen-bond acceptors (Lipinski definition) is 6. The minimum Gasteiger partial charge on any atom is -0.478 e. The van der Waals surface area contributed by atoms with Crippen LogP contribution in [0.2, 0.25) is 0 Å². The number of carbonyl (C=O) groups is 2. The molecule has 0 atom stereocenters. The molecule has 4 N–H and O–H groups in total. The van der Waals surface area contributed by atoms with Gasteiger partial charge in [0, 0.05) is 41.5 Å². The number of ether oxygens (including phenoxy) is 1. The zero-order chi connectivity index (χ0) is 24.3. The van der Waals surface area contributed by atoms with Crippen molar-refractivity contribution in [2.24, 2.45) is 0 Å². The maximum absolute atomic E-state index is 11.6. The van der Waals surface area contributed by atoms with Crippen molar-refractivity contribution in [3.05, 3.63) is 35.4 Å². The Kier molecular flexibility index (Phi) is 38.0. The molecule has 0 aromatic heterocycles. The Morgan fingerprint density at radius 1 is 0.719 bits per heavy atom. The van der Waals surface area contributed by atoms with Gasteiger partial charge in [0.25, 0.3) is 0 Å². The summed E-state index contributed by atoms with van der Waals surface area (Å²) in [5, 5.41) is 33.1. The zero-order valence-corrected chi connectivity index (χ0v) is 21.9. The van der Waals surface area contributed by atoms with E-state index in [9.17, 15) is 9.59 Å². The van der Waals surface area contributed by atoms with Gasteiger partial charge in [0.1, 0.15) is 0 Å². The standard InChI is InChI=1S/C12H14O4.3C4H10O.Ti/c1-2-3-8-16-12(15)10-7-5-4-6-9(10)11(13)14;3*1-2-3-4-5;/h4-7H,2-3,8H2,1H3,(H,13,14);3*5H,2-4H2,1H3;. The molecule has 1 aromatic carbocycles. The van der Waals surface area contributed by atoms with E-state index in [-0.39, 0.29) is 32.8 Å². The number of hydrogen-bond donors (Lipinski definition) is 4. The first-order valence-electron chi connectivity index (χ1n) is 11.2. The molecule has 32 heavy (non-hydrogen) atoms. The summed E-state index contributed by atoms with van der Waals surface area (Å²) in [5.41, 5.74) is 0.0788. The third-order valence-electron chi connectivity index (χ3n) is 3.64. The van der Waals surface area contributed by atoms with Crippen molar-refractivity contribution >= 4 is 11.9 Å². The van der Waals surface area contributed by atoms with Crippen molar-refractivity contribution < 1.29 is 56.5 Å². The molecule has 0 spiro atoms. The molecule has 0 bridgehead atoms. The number of unbranched alkanes of at least 4 members (excludes halogenated alkanes) is 4. The first-order chi connectivity index (χ1) is 14.9. The quantitative estimate of drug-likeness (QED) is 0.201. The number of benzene rings is 1. The first-order valence-corrected chi connectivity index (χ1v) is 11.2. The number of rotatable bonds is 11. The van der Waals surface area contributed by atoms with Crippen LogP contribution in [-0.2, 0) is 26.5 Å². The number of aliphatic hydroxyl groups excluding tert-OH is 3. The predicted octanol–water partition coefficient (Wildman–Crippen LogP) is 4.68. The molecular formula is C24H44O7Ti. The molecule has 0 saturated heterocycles. The van der Waals surface area contributed by atoms with E-state index < -0.39 is 11.9 Å². The molecule has 0 aliphatic rings. The molecule has 8 heteroatoms. The van der Waals surface area contributed by atoms with Crippen LogP contribution in [0.15, 0.2) is 24.3 Å². The summed E-state index contributed by atoms with van der Waals surface area (Å²) in [5.74, 6) is -1.70. The fourth-order valence-electron chi connectivity index (χ4n) is 1.71. The van der Waals surface area contributed by atoms with E-state index in [1.807, 2.05) is 6.92 Å². The van der Waals surface area contributed by atoms with Gasteiger partial charge in [-0.05, 0) is 37.8 Å². The topological polar surface area (TPSA) is 124 Å². The van der Waals surface area contributed by atoms with Crippen LogP contribution >= 0.6 is 0 Å². The van der Waals surface area contributed by atoms with E-state index in [0.717, 1.165) is 51.4 Å². The van der Waals surface area contributed by atoms with Crippen LogP contribution < -0.4 is 0 Å². The van der Waals surface area contributed by atoms with Gasteiger partial charge in [-0.2, -0.15) is 0 Å². The molecule has 186 valence electrons.